The maximum Gasteiger partial charge on any atom is 0.126 e. The predicted octanol–water partition coefficient (Wildman–Crippen LogP) is 3.87. The van der Waals surface area contributed by atoms with E-state index < -0.39 is 0 Å². The molecule has 0 heterocycles. The zero-order chi connectivity index (χ0) is 13.0. The lowest BCUT2D eigenvalue weighted by molar-refractivity contribution is 0.419. The fourth-order valence-corrected chi connectivity index (χ4v) is 2.12. The first-order valence-corrected chi connectivity index (χ1v) is 5.93. The standard InChI is InChI=1S/C16H17NO/c1-12-13(7-5-11-17-2)9-10-14-6-4-8-15(18-3)16(12)14/h4-11H,1-3H3/b7-5-,17-11?. The summed E-state index contributed by atoms with van der Waals surface area (Å²) in [5.41, 5.74) is 2.41. The van der Waals surface area contributed by atoms with Gasteiger partial charge in [0.05, 0.1) is 7.11 Å². The number of hydrogen-bond donors (Lipinski definition) is 0. The number of allylic oxidation sites excluding steroid dienone is 1. The Morgan fingerprint density at radius 2 is 2.00 bits per heavy atom. The van der Waals surface area contributed by atoms with E-state index in [2.05, 4.69) is 36.2 Å². The van der Waals surface area contributed by atoms with Crippen LogP contribution in [0.25, 0.3) is 16.8 Å². The third-order valence-electron chi connectivity index (χ3n) is 3.04. The molecule has 0 aromatic heterocycles. The largest absolute Gasteiger partial charge is 0.496 e. The topological polar surface area (TPSA) is 21.6 Å². The van der Waals surface area contributed by atoms with Crippen molar-refractivity contribution in [3.63, 3.8) is 0 Å². The number of methoxy groups -OCH3 is 1. The lowest BCUT2D eigenvalue weighted by atomic mass is 9.99. The highest BCUT2D eigenvalue weighted by atomic mass is 16.5. The Morgan fingerprint density at radius 1 is 1.17 bits per heavy atom. The van der Waals surface area contributed by atoms with Crippen LogP contribution in [0.3, 0.4) is 0 Å². The van der Waals surface area contributed by atoms with Gasteiger partial charge in [0.2, 0.25) is 0 Å². The van der Waals surface area contributed by atoms with E-state index in [0.29, 0.717) is 0 Å². The molecule has 0 aliphatic heterocycles. The number of aliphatic imine (C=N–C) groups is 1. The second-order valence-corrected chi connectivity index (χ2v) is 4.10. The molecule has 0 saturated heterocycles. The number of aryl methyl sites for hydroxylation is 1. The number of benzene rings is 2. The maximum absolute atomic E-state index is 5.44. The van der Waals surface area contributed by atoms with Crippen molar-refractivity contribution in [2.24, 2.45) is 4.99 Å². The summed E-state index contributed by atoms with van der Waals surface area (Å²) in [5.74, 6) is 0.921. The molecule has 2 nitrogen and oxygen atoms in total. The molecule has 0 radical (unpaired) electrons. The van der Waals surface area contributed by atoms with Gasteiger partial charge in [0.15, 0.2) is 0 Å². The van der Waals surface area contributed by atoms with Crippen molar-refractivity contribution in [1.82, 2.24) is 0 Å². The highest BCUT2D eigenvalue weighted by Gasteiger charge is 2.06. The van der Waals surface area contributed by atoms with Crippen LogP contribution in [-0.4, -0.2) is 20.4 Å². The average Bonchev–Trinajstić information content (AvgIpc) is 2.41. The van der Waals surface area contributed by atoms with Crippen molar-refractivity contribution >= 4 is 23.1 Å². The van der Waals surface area contributed by atoms with Gasteiger partial charge in [-0.2, -0.15) is 0 Å². The van der Waals surface area contributed by atoms with E-state index in [-0.39, 0.29) is 0 Å². The first kappa shape index (κ1) is 12.4. The summed E-state index contributed by atoms with van der Waals surface area (Å²) in [6.45, 7) is 2.12. The van der Waals surface area contributed by atoms with Gasteiger partial charge in [-0.3, -0.25) is 4.99 Å². The first-order chi connectivity index (χ1) is 8.77. The highest BCUT2D eigenvalue weighted by molar-refractivity contribution is 5.94. The van der Waals surface area contributed by atoms with Gasteiger partial charge in [-0.15, -0.1) is 0 Å². The van der Waals surface area contributed by atoms with Crippen LogP contribution in [0, 0.1) is 6.92 Å². The molecule has 0 N–H and O–H groups in total. The Bertz CT molecular complexity index is 612. The van der Waals surface area contributed by atoms with Crippen molar-refractivity contribution in [3.05, 3.63) is 47.5 Å². The Balaban J connectivity index is 2.62. The van der Waals surface area contributed by atoms with E-state index in [9.17, 15) is 0 Å². The molecule has 2 aromatic carbocycles. The monoisotopic (exact) mass is 239 g/mol. The number of ether oxygens (including phenoxy) is 1. The molecule has 0 bridgehead atoms. The van der Waals surface area contributed by atoms with Crippen molar-refractivity contribution in [1.29, 1.82) is 0 Å². The summed E-state index contributed by atoms with van der Waals surface area (Å²) >= 11 is 0. The zero-order valence-electron chi connectivity index (χ0n) is 11.0. The Kier molecular flexibility index (Phi) is 3.78. The second-order valence-electron chi connectivity index (χ2n) is 4.10. The van der Waals surface area contributed by atoms with Crippen LogP contribution in [0.2, 0.25) is 0 Å². The molecule has 2 heteroatoms. The van der Waals surface area contributed by atoms with Crippen LogP contribution in [0.15, 0.2) is 41.4 Å². The SMILES string of the molecule is CN=C/C=C\c1ccc2cccc(OC)c2c1C. The number of fused-ring (bicyclic) bond motifs is 1. The lowest BCUT2D eigenvalue weighted by Gasteiger charge is -2.10. The van der Waals surface area contributed by atoms with Crippen LogP contribution in [-0.2, 0) is 0 Å². The summed E-state index contributed by atoms with van der Waals surface area (Å²) in [5, 5.41) is 2.38. The smallest absolute Gasteiger partial charge is 0.126 e. The minimum absolute atomic E-state index is 0.921. The molecular weight excluding hydrogens is 222 g/mol. The van der Waals surface area contributed by atoms with Gasteiger partial charge >= 0.3 is 0 Å². The van der Waals surface area contributed by atoms with Gasteiger partial charge in [-0.25, -0.2) is 0 Å². The summed E-state index contributed by atoms with van der Waals surface area (Å²) in [4.78, 5) is 3.94. The van der Waals surface area contributed by atoms with Gasteiger partial charge in [-0.1, -0.05) is 30.3 Å². The summed E-state index contributed by atoms with van der Waals surface area (Å²) in [6, 6.07) is 10.4. The molecule has 2 aromatic rings. The summed E-state index contributed by atoms with van der Waals surface area (Å²) < 4.78 is 5.44. The zero-order valence-corrected chi connectivity index (χ0v) is 11.0. The van der Waals surface area contributed by atoms with E-state index in [1.165, 1.54) is 21.9 Å². The molecule has 0 fully saturated rings. The van der Waals surface area contributed by atoms with Crippen molar-refractivity contribution in [2.75, 3.05) is 14.2 Å². The van der Waals surface area contributed by atoms with E-state index in [0.717, 1.165) is 5.75 Å². The quantitative estimate of drug-likeness (QED) is 0.745. The fourth-order valence-electron chi connectivity index (χ4n) is 2.12. The van der Waals surface area contributed by atoms with Crippen LogP contribution >= 0.6 is 0 Å². The van der Waals surface area contributed by atoms with Crippen molar-refractivity contribution in [2.45, 2.75) is 6.92 Å². The Morgan fingerprint density at radius 3 is 2.72 bits per heavy atom. The third-order valence-corrected chi connectivity index (χ3v) is 3.04. The molecule has 0 amide bonds. The van der Waals surface area contributed by atoms with E-state index in [1.54, 1.807) is 20.4 Å². The Hall–Kier alpha value is -2.09. The molecule has 2 rings (SSSR count). The summed E-state index contributed by atoms with van der Waals surface area (Å²) in [7, 11) is 3.47. The van der Waals surface area contributed by atoms with Gasteiger partial charge in [0.1, 0.15) is 5.75 Å². The third kappa shape index (κ3) is 2.28. The summed E-state index contributed by atoms with van der Waals surface area (Å²) in [6.07, 6.45) is 5.80. The average molecular weight is 239 g/mol. The lowest BCUT2D eigenvalue weighted by Crippen LogP contribution is -1.89. The number of hydrogen-bond acceptors (Lipinski definition) is 2. The van der Waals surface area contributed by atoms with Crippen molar-refractivity contribution < 1.29 is 4.74 Å². The molecule has 0 unspecified atom stereocenters. The fraction of sp³-hybridized carbons (Fsp3) is 0.188. The minimum Gasteiger partial charge on any atom is -0.496 e. The molecular formula is C16H17NO. The van der Waals surface area contributed by atoms with E-state index >= 15 is 0 Å². The van der Waals surface area contributed by atoms with Crippen LogP contribution in [0.1, 0.15) is 11.1 Å². The first-order valence-electron chi connectivity index (χ1n) is 5.93. The van der Waals surface area contributed by atoms with Crippen LogP contribution < -0.4 is 4.74 Å². The van der Waals surface area contributed by atoms with Crippen molar-refractivity contribution in [3.8, 4) is 5.75 Å². The van der Waals surface area contributed by atoms with E-state index in [4.69, 9.17) is 4.74 Å². The predicted molar refractivity (Wildman–Crippen MR) is 78.7 cm³/mol. The maximum atomic E-state index is 5.44. The minimum atomic E-state index is 0.921. The van der Waals surface area contributed by atoms with Gasteiger partial charge in [0, 0.05) is 18.6 Å². The van der Waals surface area contributed by atoms with Gasteiger partial charge < -0.3 is 4.74 Å². The molecule has 0 atom stereocenters. The van der Waals surface area contributed by atoms with Crippen LogP contribution in [0.5, 0.6) is 5.75 Å². The normalized spacial score (nSPS) is 11.7. The number of rotatable bonds is 3. The molecule has 0 aliphatic carbocycles. The van der Waals surface area contributed by atoms with Gasteiger partial charge in [-0.05, 0) is 35.6 Å². The van der Waals surface area contributed by atoms with E-state index in [1.807, 2.05) is 18.2 Å². The molecule has 0 aliphatic rings. The molecule has 0 saturated carbocycles. The second kappa shape index (κ2) is 5.50. The Labute approximate surface area is 108 Å². The van der Waals surface area contributed by atoms with Gasteiger partial charge in [0.25, 0.3) is 0 Å². The highest BCUT2D eigenvalue weighted by Crippen LogP contribution is 2.30. The molecule has 92 valence electrons. The number of nitrogens with zero attached hydrogens (tertiary/aromatic N) is 1. The molecule has 0 spiro atoms. The molecule has 18 heavy (non-hydrogen) atoms. The van der Waals surface area contributed by atoms with Crippen LogP contribution in [0.4, 0.5) is 0 Å².